The van der Waals surface area contributed by atoms with Gasteiger partial charge in [-0.1, -0.05) is 36.4 Å². The normalized spacial score (nSPS) is 11.0. The number of fused-ring (bicyclic) bond motifs is 1. The summed E-state index contributed by atoms with van der Waals surface area (Å²) in [4.78, 5) is 17.3. The van der Waals surface area contributed by atoms with Gasteiger partial charge in [-0.3, -0.25) is 4.79 Å². The first-order valence-electron chi connectivity index (χ1n) is 12.0. The summed E-state index contributed by atoms with van der Waals surface area (Å²) in [5.74, 6) is 1.95. The molecule has 34 heavy (non-hydrogen) atoms. The van der Waals surface area contributed by atoms with Gasteiger partial charge in [0.05, 0.1) is 17.6 Å². The van der Waals surface area contributed by atoms with Crippen molar-refractivity contribution in [3.8, 4) is 5.75 Å². The van der Waals surface area contributed by atoms with E-state index in [0.717, 1.165) is 59.5 Å². The van der Waals surface area contributed by atoms with Gasteiger partial charge in [0.2, 0.25) is 0 Å². The van der Waals surface area contributed by atoms with Gasteiger partial charge in [-0.05, 0) is 80.6 Å². The molecule has 0 radical (unpaired) electrons. The number of carbonyl (C=O) groups excluding carboxylic acids is 1. The highest BCUT2D eigenvalue weighted by molar-refractivity contribution is 5.95. The lowest BCUT2D eigenvalue weighted by atomic mass is 10.1. The predicted octanol–water partition coefficient (Wildman–Crippen LogP) is 5.79. The molecule has 0 spiro atoms. The summed E-state index contributed by atoms with van der Waals surface area (Å²) in [6.07, 6.45) is 2.53. The molecular formula is C29H33N3O2. The number of nitrogens with zero attached hydrogens (tertiary/aromatic N) is 2. The third kappa shape index (κ3) is 5.66. The van der Waals surface area contributed by atoms with Crippen LogP contribution in [0, 0.1) is 20.8 Å². The lowest BCUT2D eigenvalue weighted by Gasteiger charge is -2.12. The second kappa shape index (κ2) is 11.0. The van der Waals surface area contributed by atoms with Crippen molar-refractivity contribution in [1.29, 1.82) is 0 Å². The summed E-state index contributed by atoms with van der Waals surface area (Å²) in [5, 5.41) is 3.05. The van der Waals surface area contributed by atoms with Crippen molar-refractivity contribution in [1.82, 2.24) is 14.9 Å². The smallest absolute Gasteiger partial charge is 0.251 e. The Morgan fingerprint density at radius 1 is 0.912 bits per heavy atom. The Morgan fingerprint density at radius 3 is 2.53 bits per heavy atom. The standard InChI is InChI=1S/C29H33N3O2/c1-21-15-16-24(20-23(21)3)34-19-9-18-32-27-13-7-6-12-26(27)31-28(32)14-8-17-30-29(33)25-11-5-4-10-22(25)2/h4-7,10-13,15-16,20H,8-9,14,17-19H2,1-3H3,(H,30,33). The topological polar surface area (TPSA) is 56.1 Å². The number of aryl methyl sites for hydroxylation is 5. The second-order valence-electron chi connectivity index (χ2n) is 8.79. The number of imidazole rings is 1. The van der Waals surface area contributed by atoms with E-state index in [4.69, 9.17) is 9.72 Å². The summed E-state index contributed by atoms with van der Waals surface area (Å²) in [6.45, 7) is 8.29. The van der Waals surface area contributed by atoms with Crippen molar-refractivity contribution in [2.24, 2.45) is 0 Å². The Balaban J connectivity index is 1.33. The fourth-order valence-corrected chi connectivity index (χ4v) is 4.15. The molecule has 0 bridgehead atoms. The van der Waals surface area contributed by atoms with Crippen LogP contribution in [0.1, 0.15) is 45.7 Å². The molecule has 176 valence electrons. The molecule has 0 saturated carbocycles. The molecule has 0 aliphatic rings. The summed E-state index contributed by atoms with van der Waals surface area (Å²) < 4.78 is 8.28. The zero-order valence-electron chi connectivity index (χ0n) is 20.3. The SMILES string of the molecule is Cc1ccc(OCCCn2c(CCCNC(=O)c3ccccc3C)nc3ccccc32)cc1C. The van der Waals surface area contributed by atoms with Crippen molar-refractivity contribution in [2.75, 3.05) is 13.2 Å². The molecule has 0 saturated heterocycles. The van der Waals surface area contributed by atoms with Gasteiger partial charge in [0.25, 0.3) is 5.91 Å². The Hall–Kier alpha value is -3.60. The Kier molecular flexibility index (Phi) is 7.63. The van der Waals surface area contributed by atoms with Crippen LogP contribution in [0.4, 0.5) is 0 Å². The van der Waals surface area contributed by atoms with Gasteiger partial charge in [0.1, 0.15) is 11.6 Å². The van der Waals surface area contributed by atoms with E-state index in [9.17, 15) is 4.79 Å². The van der Waals surface area contributed by atoms with Gasteiger partial charge < -0.3 is 14.6 Å². The predicted molar refractivity (Wildman–Crippen MR) is 138 cm³/mol. The number of rotatable bonds is 10. The molecule has 4 rings (SSSR count). The van der Waals surface area contributed by atoms with E-state index in [1.54, 1.807) is 0 Å². The molecule has 0 aliphatic heterocycles. The molecule has 4 aromatic rings. The van der Waals surface area contributed by atoms with E-state index in [1.165, 1.54) is 11.1 Å². The van der Waals surface area contributed by atoms with Crippen LogP contribution in [0.5, 0.6) is 5.75 Å². The highest BCUT2D eigenvalue weighted by atomic mass is 16.5. The van der Waals surface area contributed by atoms with E-state index in [1.807, 2.05) is 43.3 Å². The Labute approximate surface area is 201 Å². The maximum atomic E-state index is 12.5. The molecule has 0 fully saturated rings. The first kappa shape index (κ1) is 23.6. The molecule has 5 nitrogen and oxygen atoms in total. The number of amides is 1. The van der Waals surface area contributed by atoms with Crippen LogP contribution < -0.4 is 10.1 Å². The second-order valence-corrected chi connectivity index (χ2v) is 8.79. The minimum absolute atomic E-state index is 0.0184. The lowest BCUT2D eigenvalue weighted by Crippen LogP contribution is -2.25. The summed E-state index contributed by atoms with van der Waals surface area (Å²) in [6, 6.07) is 22.2. The lowest BCUT2D eigenvalue weighted by molar-refractivity contribution is 0.0952. The van der Waals surface area contributed by atoms with E-state index in [0.29, 0.717) is 13.2 Å². The van der Waals surface area contributed by atoms with Gasteiger partial charge >= 0.3 is 0 Å². The van der Waals surface area contributed by atoms with Crippen molar-refractivity contribution in [3.63, 3.8) is 0 Å². The van der Waals surface area contributed by atoms with Crippen LogP contribution in [-0.2, 0) is 13.0 Å². The summed E-state index contributed by atoms with van der Waals surface area (Å²) >= 11 is 0. The Bertz CT molecular complexity index is 1280. The average Bonchev–Trinajstić information content (AvgIpc) is 3.19. The number of para-hydroxylation sites is 2. The highest BCUT2D eigenvalue weighted by Gasteiger charge is 2.11. The zero-order valence-corrected chi connectivity index (χ0v) is 20.3. The van der Waals surface area contributed by atoms with Crippen LogP contribution in [0.3, 0.4) is 0 Å². The van der Waals surface area contributed by atoms with Crippen molar-refractivity contribution >= 4 is 16.9 Å². The van der Waals surface area contributed by atoms with Crippen LogP contribution in [-0.4, -0.2) is 28.6 Å². The van der Waals surface area contributed by atoms with Crippen LogP contribution in [0.15, 0.2) is 66.7 Å². The molecule has 0 unspecified atom stereocenters. The number of hydrogen-bond acceptors (Lipinski definition) is 3. The number of benzene rings is 3. The van der Waals surface area contributed by atoms with Crippen molar-refractivity contribution in [3.05, 3.63) is 94.8 Å². The van der Waals surface area contributed by atoms with E-state index in [-0.39, 0.29) is 5.91 Å². The maximum Gasteiger partial charge on any atom is 0.251 e. The largest absolute Gasteiger partial charge is 0.494 e. The summed E-state index contributed by atoms with van der Waals surface area (Å²) in [5.41, 5.74) is 6.40. The quantitative estimate of drug-likeness (QED) is 0.308. The monoisotopic (exact) mass is 455 g/mol. The third-order valence-corrected chi connectivity index (χ3v) is 6.26. The number of nitrogens with one attached hydrogen (secondary N) is 1. The third-order valence-electron chi connectivity index (χ3n) is 6.26. The first-order chi connectivity index (χ1) is 16.5. The molecule has 1 aromatic heterocycles. The van der Waals surface area contributed by atoms with Gasteiger partial charge in [-0.25, -0.2) is 4.98 Å². The molecule has 1 heterocycles. The molecule has 3 aromatic carbocycles. The molecule has 1 N–H and O–H groups in total. The zero-order chi connectivity index (χ0) is 23.9. The molecule has 1 amide bonds. The van der Waals surface area contributed by atoms with Gasteiger partial charge in [0, 0.05) is 25.1 Å². The maximum absolute atomic E-state index is 12.5. The molecular weight excluding hydrogens is 422 g/mol. The number of aromatic nitrogens is 2. The number of hydrogen-bond donors (Lipinski definition) is 1. The van der Waals surface area contributed by atoms with Crippen LogP contribution in [0.25, 0.3) is 11.0 Å². The minimum atomic E-state index is -0.0184. The van der Waals surface area contributed by atoms with Crippen molar-refractivity contribution in [2.45, 2.75) is 46.6 Å². The summed E-state index contributed by atoms with van der Waals surface area (Å²) in [7, 11) is 0. The fourth-order valence-electron chi connectivity index (χ4n) is 4.15. The molecule has 5 heteroatoms. The fraction of sp³-hybridized carbons (Fsp3) is 0.310. The molecule has 0 aliphatic carbocycles. The van der Waals surface area contributed by atoms with Gasteiger partial charge in [-0.2, -0.15) is 0 Å². The van der Waals surface area contributed by atoms with E-state index in [2.05, 4.69) is 54.1 Å². The van der Waals surface area contributed by atoms with Crippen LogP contribution in [0.2, 0.25) is 0 Å². The van der Waals surface area contributed by atoms with Gasteiger partial charge in [-0.15, -0.1) is 0 Å². The average molecular weight is 456 g/mol. The van der Waals surface area contributed by atoms with Crippen molar-refractivity contribution < 1.29 is 9.53 Å². The first-order valence-corrected chi connectivity index (χ1v) is 12.0. The van der Waals surface area contributed by atoms with Crippen LogP contribution >= 0.6 is 0 Å². The van der Waals surface area contributed by atoms with E-state index >= 15 is 0 Å². The van der Waals surface area contributed by atoms with E-state index < -0.39 is 0 Å². The minimum Gasteiger partial charge on any atom is -0.494 e. The number of ether oxygens (including phenoxy) is 1. The Morgan fingerprint density at radius 2 is 1.71 bits per heavy atom. The molecule has 0 atom stereocenters. The number of carbonyl (C=O) groups is 1. The highest BCUT2D eigenvalue weighted by Crippen LogP contribution is 2.19. The van der Waals surface area contributed by atoms with Gasteiger partial charge in [0.15, 0.2) is 0 Å².